The van der Waals surface area contributed by atoms with E-state index in [9.17, 15) is 4.79 Å². The lowest BCUT2D eigenvalue weighted by atomic mass is 10.1. The molecule has 2 heteroatoms. The first-order chi connectivity index (χ1) is 6.29. The molecule has 1 heterocycles. The van der Waals surface area contributed by atoms with Crippen LogP contribution in [0.4, 0.5) is 0 Å². The van der Waals surface area contributed by atoms with Gasteiger partial charge in [-0.25, -0.2) is 0 Å². The SMILES string of the molecule is C=C/C=C1/CNC(=O)/C1=C/C.CC. The Morgan fingerprint density at radius 3 is 2.54 bits per heavy atom. The molecule has 72 valence electrons. The van der Waals surface area contributed by atoms with Crippen LogP contribution in [0.5, 0.6) is 0 Å². The average molecular weight is 179 g/mol. The smallest absolute Gasteiger partial charge is 0.251 e. The van der Waals surface area contributed by atoms with E-state index < -0.39 is 0 Å². The Morgan fingerprint density at radius 1 is 1.46 bits per heavy atom. The zero-order valence-corrected chi connectivity index (χ0v) is 8.55. The normalized spacial score (nSPS) is 21.0. The number of carbonyl (C=O) groups is 1. The van der Waals surface area contributed by atoms with E-state index in [1.807, 2.05) is 32.9 Å². The molecular weight excluding hydrogens is 162 g/mol. The lowest BCUT2D eigenvalue weighted by Gasteiger charge is -1.91. The third-order valence-electron chi connectivity index (χ3n) is 1.64. The molecule has 1 aliphatic rings. The highest BCUT2D eigenvalue weighted by atomic mass is 16.2. The molecule has 13 heavy (non-hydrogen) atoms. The molecule has 1 saturated heterocycles. The first-order valence-electron chi connectivity index (χ1n) is 4.56. The first-order valence-corrected chi connectivity index (χ1v) is 4.56. The van der Waals surface area contributed by atoms with Crippen LogP contribution in [0, 0.1) is 0 Å². The van der Waals surface area contributed by atoms with Crippen LogP contribution >= 0.6 is 0 Å². The molecule has 0 aliphatic carbocycles. The van der Waals surface area contributed by atoms with Gasteiger partial charge in [-0.2, -0.15) is 0 Å². The van der Waals surface area contributed by atoms with E-state index in [0.717, 1.165) is 11.1 Å². The number of hydrogen-bond donors (Lipinski definition) is 1. The third-order valence-corrected chi connectivity index (χ3v) is 1.64. The van der Waals surface area contributed by atoms with Crippen LogP contribution in [0.25, 0.3) is 0 Å². The van der Waals surface area contributed by atoms with Crippen molar-refractivity contribution in [1.82, 2.24) is 5.32 Å². The van der Waals surface area contributed by atoms with E-state index >= 15 is 0 Å². The van der Waals surface area contributed by atoms with E-state index in [1.54, 1.807) is 6.08 Å². The van der Waals surface area contributed by atoms with Gasteiger partial charge in [-0.3, -0.25) is 4.79 Å². The summed E-state index contributed by atoms with van der Waals surface area (Å²) in [5.41, 5.74) is 1.79. The second kappa shape index (κ2) is 6.23. The molecule has 0 spiro atoms. The van der Waals surface area contributed by atoms with Crippen molar-refractivity contribution in [1.29, 1.82) is 0 Å². The zero-order valence-electron chi connectivity index (χ0n) is 8.55. The van der Waals surface area contributed by atoms with Gasteiger partial charge < -0.3 is 5.32 Å². The van der Waals surface area contributed by atoms with Gasteiger partial charge in [0, 0.05) is 12.1 Å². The van der Waals surface area contributed by atoms with Crippen LogP contribution in [-0.2, 0) is 4.79 Å². The summed E-state index contributed by atoms with van der Waals surface area (Å²) in [4.78, 5) is 11.0. The fourth-order valence-electron chi connectivity index (χ4n) is 1.12. The Morgan fingerprint density at radius 2 is 2.08 bits per heavy atom. The molecule has 1 amide bonds. The van der Waals surface area contributed by atoms with Gasteiger partial charge >= 0.3 is 0 Å². The minimum atomic E-state index is 0.0144. The summed E-state index contributed by atoms with van der Waals surface area (Å²) in [7, 11) is 0. The number of amides is 1. The molecule has 2 nitrogen and oxygen atoms in total. The Labute approximate surface area is 80.0 Å². The van der Waals surface area contributed by atoms with Crippen molar-refractivity contribution in [3.8, 4) is 0 Å². The molecule has 0 atom stereocenters. The number of rotatable bonds is 1. The molecule has 1 rings (SSSR count). The largest absolute Gasteiger partial charge is 0.348 e. The van der Waals surface area contributed by atoms with Gasteiger partial charge in [0.2, 0.25) is 0 Å². The first kappa shape index (κ1) is 11.7. The Bertz CT molecular complexity index is 249. The van der Waals surface area contributed by atoms with E-state index in [0.29, 0.717) is 6.54 Å². The number of nitrogens with one attached hydrogen (secondary N) is 1. The van der Waals surface area contributed by atoms with Crippen LogP contribution < -0.4 is 5.32 Å². The number of carbonyl (C=O) groups excluding carboxylic acids is 1. The molecule has 1 fully saturated rings. The maximum Gasteiger partial charge on any atom is 0.251 e. The highest BCUT2D eigenvalue weighted by Crippen LogP contribution is 2.14. The fraction of sp³-hybridized carbons (Fsp3) is 0.364. The van der Waals surface area contributed by atoms with Gasteiger partial charge in [0.05, 0.1) is 0 Å². The molecule has 0 aromatic carbocycles. The van der Waals surface area contributed by atoms with E-state index in [-0.39, 0.29) is 5.91 Å². The second-order valence-electron chi connectivity index (χ2n) is 2.31. The molecule has 0 saturated carbocycles. The van der Waals surface area contributed by atoms with E-state index in [1.165, 1.54) is 0 Å². The minimum absolute atomic E-state index is 0.0144. The molecule has 0 unspecified atom stereocenters. The van der Waals surface area contributed by atoms with Crippen molar-refractivity contribution in [3.63, 3.8) is 0 Å². The topological polar surface area (TPSA) is 29.1 Å². The van der Waals surface area contributed by atoms with Gasteiger partial charge in [-0.15, -0.1) is 0 Å². The molecule has 0 aromatic heterocycles. The summed E-state index contributed by atoms with van der Waals surface area (Å²) in [5.74, 6) is 0.0144. The summed E-state index contributed by atoms with van der Waals surface area (Å²) in [6.07, 6.45) is 5.37. The highest BCUT2D eigenvalue weighted by Gasteiger charge is 2.19. The van der Waals surface area contributed by atoms with Crippen LogP contribution in [0.1, 0.15) is 20.8 Å². The Balaban J connectivity index is 0.000000671. The van der Waals surface area contributed by atoms with Gasteiger partial charge in [-0.1, -0.05) is 38.7 Å². The lowest BCUT2D eigenvalue weighted by Crippen LogP contribution is -2.13. The number of hydrogen-bond acceptors (Lipinski definition) is 1. The van der Waals surface area contributed by atoms with Crippen molar-refractivity contribution in [2.45, 2.75) is 20.8 Å². The van der Waals surface area contributed by atoms with E-state index in [4.69, 9.17) is 0 Å². The van der Waals surface area contributed by atoms with Crippen molar-refractivity contribution in [2.75, 3.05) is 6.54 Å². The molecular formula is C11H17NO. The van der Waals surface area contributed by atoms with Crippen LogP contribution in [0.15, 0.2) is 36.0 Å². The standard InChI is InChI=1S/C9H11NO.C2H6/c1-3-5-7-6-10-9(11)8(7)4-2;1-2/h3-5H,1,6H2,2H3,(H,10,11);1-2H3/b7-5-,8-4+;. The molecule has 1 aliphatic heterocycles. The van der Waals surface area contributed by atoms with Crippen LogP contribution in [0.2, 0.25) is 0 Å². The van der Waals surface area contributed by atoms with Crippen molar-refractivity contribution in [2.24, 2.45) is 0 Å². The van der Waals surface area contributed by atoms with Crippen LogP contribution in [-0.4, -0.2) is 12.5 Å². The summed E-state index contributed by atoms with van der Waals surface area (Å²) in [5, 5.41) is 2.73. The summed E-state index contributed by atoms with van der Waals surface area (Å²) >= 11 is 0. The predicted octanol–water partition coefficient (Wildman–Crippen LogP) is 2.20. The predicted molar refractivity (Wildman–Crippen MR) is 56.4 cm³/mol. The summed E-state index contributed by atoms with van der Waals surface area (Å²) < 4.78 is 0. The summed E-state index contributed by atoms with van der Waals surface area (Å²) in [6, 6.07) is 0. The highest BCUT2D eigenvalue weighted by molar-refractivity contribution is 6.01. The quantitative estimate of drug-likeness (QED) is 0.614. The summed E-state index contributed by atoms with van der Waals surface area (Å²) in [6.45, 7) is 10.1. The Kier molecular flexibility index (Phi) is 5.60. The van der Waals surface area contributed by atoms with Crippen molar-refractivity contribution >= 4 is 5.91 Å². The molecule has 0 aromatic rings. The minimum Gasteiger partial charge on any atom is -0.348 e. The van der Waals surface area contributed by atoms with Crippen molar-refractivity contribution in [3.05, 3.63) is 36.0 Å². The molecule has 0 radical (unpaired) electrons. The van der Waals surface area contributed by atoms with Crippen LogP contribution in [0.3, 0.4) is 0 Å². The average Bonchev–Trinajstić information content (AvgIpc) is 2.51. The maximum absolute atomic E-state index is 11.0. The van der Waals surface area contributed by atoms with Gasteiger partial charge in [0.25, 0.3) is 5.91 Å². The van der Waals surface area contributed by atoms with Gasteiger partial charge in [0.1, 0.15) is 0 Å². The fourth-order valence-corrected chi connectivity index (χ4v) is 1.12. The Hall–Kier alpha value is -1.31. The number of allylic oxidation sites excluding steroid dienone is 3. The maximum atomic E-state index is 11.0. The van der Waals surface area contributed by atoms with Gasteiger partial charge in [-0.05, 0) is 12.5 Å². The lowest BCUT2D eigenvalue weighted by molar-refractivity contribution is -0.116. The van der Waals surface area contributed by atoms with Crippen molar-refractivity contribution < 1.29 is 4.79 Å². The zero-order chi connectivity index (χ0) is 10.3. The molecule has 1 N–H and O–H groups in total. The van der Waals surface area contributed by atoms with Gasteiger partial charge in [0.15, 0.2) is 0 Å². The third kappa shape index (κ3) is 2.90. The molecule has 0 bridgehead atoms. The monoisotopic (exact) mass is 179 g/mol. The second-order valence-corrected chi connectivity index (χ2v) is 2.31. The van der Waals surface area contributed by atoms with E-state index in [2.05, 4.69) is 11.9 Å².